The van der Waals surface area contributed by atoms with E-state index in [-0.39, 0.29) is 11.1 Å². The van der Waals surface area contributed by atoms with Crippen molar-refractivity contribution in [1.29, 1.82) is 0 Å². The zero-order valence-electron chi connectivity index (χ0n) is 17.9. The van der Waals surface area contributed by atoms with Crippen LogP contribution < -0.4 is 21.0 Å². The van der Waals surface area contributed by atoms with Crippen LogP contribution >= 0.6 is 15.9 Å². The Hall–Kier alpha value is -3.92. The number of hydrazone groups is 1. The van der Waals surface area contributed by atoms with Crippen LogP contribution in [0.3, 0.4) is 0 Å². The summed E-state index contributed by atoms with van der Waals surface area (Å²) < 4.78 is 6.92. The van der Waals surface area contributed by atoms with E-state index in [0.29, 0.717) is 28.4 Å². The normalized spacial score (nSPS) is 14.7. The molecule has 33 heavy (non-hydrogen) atoms. The molecule has 2 heterocycles. The van der Waals surface area contributed by atoms with Crippen LogP contribution in [0.1, 0.15) is 18.1 Å². The molecule has 0 radical (unpaired) electrons. The molecular formula is C23H19BrN4O5. The van der Waals surface area contributed by atoms with Gasteiger partial charge in [0.1, 0.15) is 11.3 Å². The minimum absolute atomic E-state index is 0.115. The van der Waals surface area contributed by atoms with Gasteiger partial charge in [-0.25, -0.2) is 9.36 Å². The fourth-order valence-corrected chi connectivity index (χ4v) is 3.96. The average Bonchev–Trinajstić information content (AvgIpc) is 3.06. The lowest BCUT2D eigenvalue weighted by atomic mass is 10.1. The third-order valence-electron chi connectivity index (χ3n) is 5.19. The number of carbonyl (C=O) groups excluding carboxylic acids is 1. The Bertz CT molecular complexity index is 1450. The van der Waals surface area contributed by atoms with Gasteiger partial charge in [0, 0.05) is 4.47 Å². The van der Waals surface area contributed by atoms with Crippen LogP contribution in [0.15, 0.2) is 67.2 Å². The molecule has 2 aromatic carbocycles. The first kappa shape index (κ1) is 22.3. The summed E-state index contributed by atoms with van der Waals surface area (Å²) in [6.07, 6.45) is 1.24. The lowest BCUT2D eigenvalue weighted by Crippen LogP contribution is -2.31. The number of carbonyl (C=O) groups is 1. The van der Waals surface area contributed by atoms with E-state index in [1.165, 1.54) is 11.1 Å². The van der Waals surface area contributed by atoms with Gasteiger partial charge in [0.15, 0.2) is 0 Å². The summed E-state index contributed by atoms with van der Waals surface area (Å²) in [6, 6.07) is 11.9. The molecule has 1 aromatic heterocycles. The highest BCUT2D eigenvalue weighted by molar-refractivity contribution is 9.10. The Morgan fingerprint density at radius 1 is 1.09 bits per heavy atom. The molecule has 3 aromatic rings. The number of aryl methyl sites for hydroxylation is 1. The molecule has 168 valence electrons. The number of H-pyrrole nitrogens is 1. The van der Waals surface area contributed by atoms with E-state index in [1.54, 1.807) is 63.4 Å². The van der Waals surface area contributed by atoms with Crippen LogP contribution in [0.25, 0.3) is 11.8 Å². The van der Waals surface area contributed by atoms with Gasteiger partial charge in [-0.05, 0) is 68.0 Å². The minimum atomic E-state index is -0.820. The highest BCUT2D eigenvalue weighted by Gasteiger charge is 2.30. The van der Waals surface area contributed by atoms with E-state index in [9.17, 15) is 19.5 Å². The quantitative estimate of drug-likeness (QED) is 0.523. The molecule has 9 nitrogen and oxygen atoms in total. The van der Waals surface area contributed by atoms with E-state index in [0.717, 1.165) is 9.04 Å². The summed E-state index contributed by atoms with van der Waals surface area (Å²) in [6.45, 7) is 3.38. The van der Waals surface area contributed by atoms with Crippen molar-refractivity contribution in [3.63, 3.8) is 0 Å². The van der Waals surface area contributed by atoms with Gasteiger partial charge in [-0.1, -0.05) is 15.9 Å². The fourth-order valence-electron chi connectivity index (χ4n) is 3.49. The second kappa shape index (κ2) is 8.55. The van der Waals surface area contributed by atoms with Crippen molar-refractivity contribution in [1.82, 2.24) is 9.55 Å². The predicted molar refractivity (Wildman–Crippen MR) is 128 cm³/mol. The van der Waals surface area contributed by atoms with Crippen LogP contribution in [0, 0.1) is 6.92 Å². The monoisotopic (exact) mass is 510 g/mol. The first-order valence-corrected chi connectivity index (χ1v) is 10.6. The van der Waals surface area contributed by atoms with Gasteiger partial charge < -0.3 is 9.84 Å². The average molecular weight is 511 g/mol. The van der Waals surface area contributed by atoms with Gasteiger partial charge in [-0.2, -0.15) is 10.1 Å². The van der Waals surface area contributed by atoms with Crippen molar-refractivity contribution in [2.45, 2.75) is 13.8 Å². The molecule has 0 unspecified atom stereocenters. The van der Waals surface area contributed by atoms with Gasteiger partial charge in [0.25, 0.3) is 11.5 Å². The summed E-state index contributed by atoms with van der Waals surface area (Å²) in [4.78, 5) is 40.3. The number of halogens is 1. The number of aromatic nitrogens is 2. The molecule has 0 saturated heterocycles. The smallest absolute Gasteiger partial charge is 0.335 e. The maximum absolute atomic E-state index is 13.1. The number of aromatic hydroxyl groups is 1. The number of ether oxygens (including phenoxy) is 1. The third-order valence-corrected chi connectivity index (χ3v) is 5.68. The van der Waals surface area contributed by atoms with Crippen molar-refractivity contribution >= 4 is 39.3 Å². The molecule has 0 fully saturated rings. The van der Waals surface area contributed by atoms with Crippen LogP contribution in [0.5, 0.6) is 11.6 Å². The molecule has 0 aliphatic carbocycles. The topological polar surface area (TPSA) is 117 Å². The number of hydrogen-bond donors (Lipinski definition) is 2. The summed E-state index contributed by atoms with van der Waals surface area (Å²) in [5.41, 5.74) is 0.208. The lowest BCUT2D eigenvalue weighted by Gasteiger charge is -2.13. The first-order valence-electron chi connectivity index (χ1n) is 9.82. The van der Waals surface area contributed by atoms with Crippen LogP contribution in [0.4, 0.5) is 5.69 Å². The highest BCUT2D eigenvalue weighted by atomic mass is 79.9. The number of methoxy groups -OCH3 is 1. The summed E-state index contributed by atoms with van der Waals surface area (Å²) >= 11 is 3.36. The number of nitrogens with zero attached hydrogens (tertiary/aromatic N) is 3. The Morgan fingerprint density at radius 3 is 2.42 bits per heavy atom. The number of aromatic amines is 1. The van der Waals surface area contributed by atoms with Gasteiger partial charge in [0.2, 0.25) is 5.88 Å². The van der Waals surface area contributed by atoms with Gasteiger partial charge in [-0.3, -0.25) is 14.6 Å². The number of nitrogens with one attached hydrogen (secondary N) is 1. The van der Waals surface area contributed by atoms with E-state index in [2.05, 4.69) is 26.0 Å². The second-order valence-corrected chi connectivity index (χ2v) is 8.24. The zero-order valence-corrected chi connectivity index (χ0v) is 19.5. The molecule has 4 rings (SSSR count). The predicted octanol–water partition coefficient (Wildman–Crippen LogP) is 3.12. The molecule has 2 N–H and O–H groups in total. The molecule has 1 aliphatic rings. The third kappa shape index (κ3) is 4.00. The molecule has 1 aliphatic heterocycles. The first-order chi connectivity index (χ1) is 15.7. The van der Waals surface area contributed by atoms with Gasteiger partial charge in [-0.15, -0.1) is 0 Å². The maximum atomic E-state index is 13.1. The highest BCUT2D eigenvalue weighted by Crippen LogP contribution is 2.28. The largest absolute Gasteiger partial charge is 0.497 e. The fraction of sp³-hybridized carbons (Fsp3) is 0.130. The van der Waals surface area contributed by atoms with Gasteiger partial charge >= 0.3 is 5.69 Å². The van der Waals surface area contributed by atoms with Crippen LogP contribution in [0.2, 0.25) is 0 Å². The molecular weight excluding hydrogens is 492 g/mol. The molecule has 10 heteroatoms. The van der Waals surface area contributed by atoms with Crippen LogP contribution in [-0.4, -0.2) is 33.4 Å². The number of rotatable bonds is 4. The van der Waals surface area contributed by atoms with E-state index in [4.69, 9.17) is 4.74 Å². The summed E-state index contributed by atoms with van der Waals surface area (Å²) in [5, 5.41) is 16.4. The maximum Gasteiger partial charge on any atom is 0.335 e. The van der Waals surface area contributed by atoms with Crippen molar-refractivity contribution in [2.24, 2.45) is 5.10 Å². The van der Waals surface area contributed by atoms with E-state index in [1.807, 2.05) is 0 Å². The Balaban J connectivity index is 1.80. The van der Waals surface area contributed by atoms with Gasteiger partial charge in [0.05, 0.1) is 29.8 Å². The SMILES string of the molecule is COc1ccc(N2N=C(C)C(=Cc3c(O)n(-c4ccc(Br)cc4C)c(=O)[nH]c3=O)C2=O)cc1. The molecule has 0 spiro atoms. The Morgan fingerprint density at radius 2 is 1.79 bits per heavy atom. The second-order valence-electron chi connectivity index (χ2n) is 7.32. The summed E-state index contributed by atoms with van der Waals surface area (Å²) in [5.74, 6) is -0.428. The molecule has 0 saturated carbocycles. The standard InChI is InChI=1S/C23H19BrN4O5/c1-12-10-14(24)4-9-19(12)27-21(30)18(20(29)25-23(27)32)11-17-13(2)26-28(22(17)31)15-5-7-16(33-3)8-6-15/h4-11,30H,1-3H3,(H,25,29,32). The summed E-state index contributed by atoms with van der Waals surface area (Å²) in [7, 11) is 1.54. The van der Waals surface area contributed by atoms with Crippen LogP contribution in [-0.2, 0) is 4.79 Å². The minimum Gasteiger partial charge on any atom is -0.497 e. The van der Waals surface area contributed by atoms with Crippen molar-refractivity contribution in [3.8, 4) is 17.3 Å². The molecule has 1 amide bonds. The van der Waals surface area contributed by atoms with Crippen molar-refractivity contribution < 1.29 is 14.6 Å². The van der Waals surface area contributed by atoms with E-state index >= 15 is 0 Å². The molecule has 0 atom stereocenters. The lowest BCUT2D eigenvalue weighted by molar-refractivity contribution is -0.114. The zero-order chi connectivity index (χ0) is 23.9. The Labute approximate surface area is 196 Å². The number of amides is 1. The van der Waals surface area contributed by atoms with Crippen molar-refractivity contribution in [2.75, 3.05) is 12.1 Å². The number of anilines is 1. The molecule has 0 bridgehead atoms. The van der Waals surface area contributed by atoms with E-state index < -0.39 is 23.0 Å². The number of hydrogen-bond acceptors (Lipinski definition) is 6. The number of benzene rings is 2. The van der Waals surface area contributed by atoms with Crippen molar-refractivity contribution in [3.05, 3.63) is 84.5 Å². The Kier molecular flexibility index (Phi) is 5.77.